The van der Waals surface area contributed by atoms with Gasteiger partial charge in [0.15, 0.2) is 11.6 Å². The van der Waals surface area contributed by atoms with E-state index in [4.69, 9.17) is 10.00 Å². The number of nitrogens with zero attached hydrogens (tertiary/aromatic N) is 3. The monoisotopic (exact) mass is 468 g/mol. The summed E-state index contributed by atoms with van der Waals surface area (Å²) in [5, 5.41) is 16.3. The highest BCUT2D eigenvalue weighted by Crippen LogP contribution is 2.43. The molecule has 2 fully saturated rings. The molecular formula is C29H32N4O2. The third kappa shape index (κ3) is 4.73. The standard InChI is InChI=1S/C29H32N4O2/c1-3-35-29-31-28(32-33-29)26-16-24(18(2)15-25(26)22-5-4-6-22)27(34)23-13-11-21(12-14-23)20-9-7-19(17-30)8-10-20/h7-10,15-16,21-23H,3-6,11-14H2,1-2H3,(H,31,32,33). The zero-order valence-electron chi connectivity index (χ0n) is 20.5. The lowest BCUT2D eigenvalue weighted by atomic mass is 9.74. The molecule has 2 saturated carbocycles. The molecule has 2 aliphatic carbocycles. The predicted octanol–water partition coefficient (Wildman–Crippen LogP) is 6.47. The lowest BCUT2D eigenvalue weighted by molar-refractivity contribution is 0.0883. The number of hydrogen-bond donors (Lipinski definition) is 1. The number of nitrogens with one attached hydrogen (secondary N) is 1. The molecule has 1 heterocycles. The van der Waals surface area contributed by atoms with Gasteiger partial charge in [0.05, 0.1) is 18.2 Å². The van der Waals surface area contributed by atoms with Crippen LogP contribution in [0.2, 0.25) is 0 Å². The molecule has 2 aliphatic rings. The van der Waals surface area contributed by atoms with Crippen LogP contribution in [0.1, 0.15) is 96.3 Å². The summed E-state index contributed by atoms with van der Waals surface area (Å²) in [5.74, 6) is 1.92. The minimum atomic E-state index is 0.0412. The molecule has 0 atom stereocenters. The lowest BCUT2D eigenvalue weighted by Gasteiger charge is -2.30. The average Bonchev–Trinajstić information content (AvgIpc) is 3.31. The van der Waals surface area contributed by atoms with Crippen molar-refractivity contribution in [2.75, 3.05) is 6.61 Å². The number of ketones is 1. The maximum atomic E-state index is 13.7. The summed E-state index contributed by atoms with van der Waals surface area (Å²) >= 11 is 0. The van der Waals surface area contributed by atoms with E-state index in [1.54, 1.807) is 0 Å². The average molecular weight is 469 g/mol. The molecule has 3 aromatic rings. The molecular weight excluding hydrogens is 436 g/mol. The normalized spacial score (nSPS) is 20.1. The van der Waals surface area contributed by atoms with Crippen LogP contribution >= 0.6 is 0 Å². The van der Waals surface area contributed by atoms with Crippen molar-refractivity contribution in [2.24, 2.45) is 5.92 Å². The van der Waals surface area contributed by atoms with E-state index in [0.717, 1.165) is 42.4 Å². The van der Waals surface area contributed by atoms with E-state index in [1.165, 1.54) is 30.4 Å². The Hall–Kier alpha value is -3.46. The molecule has 1 N–H and O–H groups in total. The van der Waals surface area contributed by atoms with Crippen LogP contribution in [-0.2, 0) is 0 Å². The summed E-state index contributed by atoms with van der Waals surface area (Å²) in [7, 11) is 0. The van der Waals surface area contributed by atoms with Gasteiger partial charge in [0.25, 0.3) is 0 Å². The van der Waals surface area contributed by atoms with Crippen LogP contribution in [0.3, 0.4) is 0 Å². The molecule has 35 heavy (non-hydrogen) atoms. The number of rotatable bonds is 7. The molecule has 5 rings (SSSR count). The third-order valence-electron chi connectivity index (χ3n) is 7.81. The lowest BCUT2D eigenvalue weighted by Crippen LogP contribution is -2.22. The number of aromatic nitrogens is 3. The number of carbonyl (C=O) groups is 1. The summed E-state index contributed by atoms with van der Waals surface area (Å²) in [6.07, 6.45) is 7.35. The molecule has 2 aromatic carbocycles. The van der Waals surface area contributed by atoms with Crippen LogP contribution in [0, 0.1) is 24.2 Å². The highest BCUT2D eigenvalue weighted by Gasteiger charge is 2.31. The molecule has 6 heteroatoms. The minimum absolute atomic E-state index is 0.0412. The van der Waals surface area contributed by atoms with Crippen molar-refractivity contribution in [3.63, 3.8) is 0 Å². The Morgan fingerprint density at radius 3 is 2.46 bits per heavy atom. The molecule has 1 aromatic heterocycles. The number of ether oxygens (including phenoxy) is 1. The van der Waals surface area contributed by atoms with Gasteiger partial charge in [-0.25, -0.2) is 0 Å². The summed E-state index contributed by atoms with van der Waals surface area (Å²) in [5.41, 5.74) is 6.06. The van der Waals surface area contributed by atoms with Crippen molar-refractivity contribution in [1.29, 1.82) is 5.26 Å². The molecule has 0 amide bonds. The summed E-state index contributed by atoms with van der Waals surface area (Å²) < 4.78 is 5.47. The fourth-order valence-corrected chi connectivity index (χ4v) is 5.56. The van der Waals surface area contributed by atoms with Crippen LogP contribution in [0.25, 0.3) is 11.4 Å². The largest absolute Gasteiger partial charge is 0.463 e. The molecule has 6 nitrogen and oxygen atoms in total. The Bertz CT molecular complexity index is 1240. The number of hydrogen-bond acceptors (Lipinski definition) is 5. The number of nitriles is 1. The van der Waals surface area contributed by atoms with Crippen molar-refractivity contribution in [2.45, 2.75) is 70.6 Å². The van der Waals surface area contributed by atoms with Crippen LogP contribution in [0.15, 0.2) is 36.4 Å². The van der Waals surface area contributed by atoms with E-state index >= 15 is 0 Å². The van der Waals surface area contributed by atoms with Crippen molar-refractivity contribution in [1.82, 2.24) is 15.2 Å². The van der Waals surface area contributed by atoms with E-state index in [9.17, 15) is 4.79 Å². The van der Waals surface area contributed by atoms with Gasteiger partial charge in [0.1, 0.15) is 0 Å². The first-order valence-corrected chi connectivity index (χ1v) is 12.8. The summed E-state index contributed by atoms with van der Waals surface area (Å²) in [6, 6.07) is 14.7. The second kappa shape index (κ2) is 10.0. The predicted molar refractivity (Wildman–Crippen MR) is 135 cm³/mol. The molecule has 0 spiro atoms. The van der Waals surface area contributed by atoms with Gasteiger partial charge in [0, 0.05) is 17.0 Å². The number of Topliss-reactive ketones (excluding diaryl/α,β-unsaturated/α-hetero) is 1. The fourth-order valence-electron chi connectivity index (χ4n) is 5.56. The van der Waals surface area contributed by atoms with Crippen LogP contribution in [-0.4, -0.2) is 27.6 Å². The highest BCUT2D eigenvalue weighted by atomic mass is 16.5. The first kappa shape index (κ1) is 23.3. The molecule has 180 valence electrons. The molecule has 0 saturated heterocycles. The quantitative estimate of drug-likeness (QED) is 0.401. The smallest absolute Gasteiger partial charge is 0.335 e. The Balaban J connectivity index is 1.37. The SMILES string of the molecule is CCOc1n[nH]c(-c2cc(C(=O)C3CCC(c4ccc(C#N)cc4)CC3)c(C)cc2C2CCC2)n1. The molecule has 0 radical (unpaired) electrons. The second-order valence-electron chi connectivity index (χ2n) is 9.93. The van der Waals surface area contributed by atoms with Gasteiger partial charge in [-0.1, -0.05) is 24.6 Å². The molecule has 0 unspecified atom stereocenters. The van der Waals surface area contributed by atoms with Crippen molar-refractivity contribution in [3.8, 4) is 23.5 Å². The maximum Gasteiger partial charge on any atom is 0.335 e. The zero-order chi connectivity index (χ0) is 24.4. The van der Waals surface area contributed by atoms with Crippen molar-refractivity contribution < 1.29 is 9.53 Å². The van der Waals surface area contributed by atoms with Gasteiger partial charge < -0.3 is 4.74 Å². The first-order valence-electron chi connectivity index (χ1n) is 12.8. The minimum Gasteiger partial charge on any atom is -0.463 e. The first-order chi connectivity index (χ1) is 17.1. The maximum absolute atomic E-state index is 13.7. The number of benzene rings is 2. The van der Waals surface area contributed by atoms with E-state index in [2.05, 4.69) is 46.4 Å². The zero-order valence-corrected chi connectivity index (χ0v) is 20.5. The van der Waals surface area contributed by atoms with Crippen LogP contribution in [0.5, 0.6) is 6.01 Å². The van der Waals surface area contributed by atoms with E-state index in [1.807, 2.05) is 25.1 Å². The van der Waals surface area contributed by atoms with E-state index in [-0.39, 0.29) is 11.7 Å². The fraction of sp³-hybridized carbons (Fsp3) is 0.448. The van der Waals surface area contributed by atoms with Crippen molar-refractivity contribution >= 4 is 5.78 Å². The van der Waals surface area contributed by atoms with Gasteiger partial charge in [-0.2, -0.15) is 10.2 Å². The number of aromatic amines is 1. The Morgan fingerprint density at radius 1 is 1.09 bits per heavy atom. The van der Waals surface area contributed by atoms with Gasteiger partial charge >= 0.3 is 6.01 Å². The third-order valence-corrected chi connectivity index (χ3v) is 7.81. The molecule has 0 aliphatic heterocycles. The molecule has 0 bridgehead atoms. The Kier molecular flexibility index (Phi) is 6.68. The number of H-pyrrole nitrogens is 1. The Morgan fingerprint density at radius 2 is 1.83 bits per heavy atom. The number of carbonyl (C=O) groups excluding carboxylic acids is 1. The van der Waals surface area contributed by atoms with Gasteiger partial charge in [-0.05, 0) is 99.1 Å². The van der Waals surface area contributed by atoms with E-state index < -0.39 is 0 Å². The summed E-state index contributed by atoms with van der Waals surface area (Å²) in [4.78, 5) is 18.2. The number of aryl methyl sites for hydroxylation is 1. The second-order valence-corrected chi connectivity index (χ2v) is 9.93. The van der Waals surface area contributed by atoms with Crippen LogP contribution < -0.4 is 4.74 Å². The highest BCUT2D eigenvalue weighted by molar-refractivity contribution is 6.00. The Labute approximate surface area is 206 Å². The summed E-state index contributed by atoms with van der Waals surface area (Å²) in [6.45, 7) is 4.48. The van der Waals surface area contributed by atoms with Gasteiger partial charge in [0.2, 0.25) is 0 Å². The van der Waals surface area contributed by atoms with E-state index in [0.29, 0.717) is 35.8 Å². The van der Waals surface area contributed by atoms with Crippen LogP contribution in [0.4, 0.5) is 0 Å². The van der Waals surface area contributed by atoms with Crippen molar-refractivity contribution in [3.05, 3.63) is 64.2 Å². The van der Waals surface area contributed by atoms with Gasteiger partial charge in [-0.15, -0.1) is 5.10 Å². The van der Waals surface area contributed by atoms with Gasteiger partial charge in [-0.3, -0.25) is 9.89 Å². The topological polar surface area (TPSA) is 91.7 Å².